The zero-order chi connectivity index (χ0) is 12.1. The largest absolute Gasteiger partial charge is 0.356 e. The third-order valence-electron chi connectivity index (χ3n) is 3.41. The normalized spacial score (nSPS) is 16.8. The van der Waals surface area contributed by atoms with E-state index in [4.69, 9.17) is 5.73 Å². The van der Waals surface area contributed by atoms with Gasteiger partial charge in [-0.15, -0.1) is 0 Å². The van der Waals surface area contributed by atoms with Crippen LogP contribution in [0.15, 0.2) is 18.7 Å². The van der Waals surface area contributed by atoms with Gasteiger partial charge in [0, 0.05) is 32.0 Å². The predicted octanol–water partition coefficient (Wildman–Crippen LogP) is 0.518. The van der Waals surface area contributed by atoms with Crippen LogP contribution >= 0.6 is 0 Å². The molecule has 1 aliphatic carbocycles. The van der Waals surface area contributed by atoms with Crippen molar-refractivity contribution in [3.8, 4) is 0 Å². The number of carbonyl (C=O) groups excluding carboxylic acids is 1. The summed E-state index contributed by atoms with van der Waals surface area (Å²) < 4.78 is 2.05. The van der Waals surface area contributed by atoms with Crippen molar-refractivity contribution in [3.63, 3.8) is 0 Å². The van der Waals surface area contributed by atoms with Gasteiger partial charge < -0.3 is 15.6 Å². The number of hydrogen-bond donors (Lipinski definition) is 2. The van der Waals surface area contributed by atoms with E-state index in [1.165, 1.54) is 0 Å². The zero-order valence-corrected chi connectivity index (χ0v) is 10.1. The van der Waals surface area contributed by atoms with E-state index in [2.05, 4.69) is 10.3 Å². The van der Waals surface area contributed by atoms with Gasteiger partial charge >= 0.3 is 0 Å². The van der Waals surface area contributed by atoms with Crippen LogP contribution < -0.4 is 11.1 Å². The predicted molar refractivity (Wildman–Crippen MR) is 65.2 cm³/mol. The van der Waals surface area contributed by atoms with Gasteiger partial charge in [0.25, 0.3) is 0 Å². The van der Waals surface area contributed by atoms with Gasteiger partial charge in [0.1, 0.15) is 0 Å². The third kappa shape index (κ3) is 3.06. The van der Waals surface area contributed by atoms with Gasteiger partial charge in [-0.1, -0.05) is 0 Å². The third-order valence-corrected chi connectivity index (χ3v) is 3.41. The van der Waals surface area contributed by atoms with Crippen molar-refractivity contribution in [3.05, 3.63) is 18.7 Å². The molecule has 0 spiro atoms. The molecule has 1 aliphatic rings. The van der Waals surface area contributed by atoms with Gasteiger partial charge in [-0.25, -0.2) is 4.98 Å². The van der Waals surface area contributed by atoms with Crippen LogP contribution in [0.4, 0.5) is 0 Å². The molecule has 94 valence electrons. The van der Waals surface area contributed by atoms with Crippen molar-refractivity contribution in [1.29, 1.82) is 0 Å². The fraction of sp³-hybridized carbons (Fsp3) is 0.667. The number of amides is 1. The Morgan fingerprint density at radius 2 is 2.29 bits per heavy atom. The Labute approximate surface area is 101 Å². The summed E-state index contributed by atoms with van der Waals surface area (Å²) in [5.74, 6) is 0.141. The van der Waals surface area contributed by atoms with E-state index in [1.54, 1.807) is 6.20 Å². The highest BCUT2D eigenvalue weighted by Gasteiger charge is 2.48. The number of aromatic nitrogens is 2. The maximum Gasteiger partial charge on any atom is 0.227 e. The minimum Gasteiger partial charge on any atom is -0.356 e. The number of nitrogens with zero attached hydrogens (tertiary/aromatic N) is 2. The molecule has 0 radical (unpaired) electrons. The van der Waals surface area contributed by atoms with Gasteiger partial charge in [-0.3, -0.25) is 4.79 Å². The lowest BCUT2D eigenvalue weighted by atomic mass is 10.1. The number of hydrogen-bond acceptors (Lipinski definition) is 3. The molecular formula is C12H20N4O. The van der Waals surface area contributed by atoms with Gasteiger partial charge in [0.05, 0.1) is 11.7 Å². The quantitative estimate of drug-likeness (QED) is 0.678. The Morgan fingerprint density at radius 3 is 2.88 bits per heavy atom. The summed E-state index contributed by atoms with van der Waals surface area (Å²) in [5, 5.41) is 2.97. The van der Waals surface area contributed by atoms with Gasteiger partial charge in [-0.2, -0.15) is 0 Å². The van der Waals surface area contributed by atoms with Crippen LogP contribution in [0.2, 0.25) is 0 Å². The number of nitrogens with two attached hydrogens (primary N) is 1. The fourth-order valence-electron chi connectivity index (χ4n) is 1.90. The topological polar surface area (TPSA) is 72.9 Å². The Kier molecular flexibility index (Phi) is 3.78. The summed E-state index contributed by atoms with van der Waals surface area (Å²) in [6, 6.07) is 0. The van der Waals surface area contributed by atoms with E-state index in [1.807, 2.05) is 17.1 Å². The molecule has 1 aromatic heterocycles. The molecule has 0 aliphatic heterocycles. The summed E-state index contributed by atoms with van der Waals surface area (Å²) in [6.07, 6.45) is 9.48. The Bertz CT molecular complexity index is 357. The number of unbranched alkanes of at least 4 members (excludes halogenated alkanes) is 1. The molecule has 1 amide bonds. The molecule has 1 heterocycles. The summed E-state index contributed by atoms with van der Waals surface area (Å²) in [5.41, 5.74) is 5.38. The second-order valence-corrected chi connectivity index (χ2v) is 4.75. The molecule has 5 heteroatoms. The maximum absolute atomic E-state index is 11.7. The molecule has 0 saturated heterocycles. The van der Waals surface area contributed by atoms with Crippen molar-refractivity contribution in [1.82, 2.24) is 14.9 Å². The molecule has 0 unspecified atom stereocenters. The standard InChI is InChI=1S/C12H20N4O/c13-9-12(3-4-12)11(17)15-5-1-2-7-16-8-6-14-10-16/h6,8,10H,1-5,7,9,13H2,(H,15,17). The molecule has 1 saturated carbocycles. The molecule has 1 aromatic rings. The first-order valence-corrected chi connectivity index (χ1v) is 6.21. The van der Waals surface area contributed by atoms with Crippen LogP contribution in [-0.2, 0) is 11.3 Å². The first-order chi connectivity index (χ1) is 8.27. The minimum absolute atomic E-state index is 0.141. The second kappa shape index (κ2) is 5.31. The van der Waals surface area contributed by atoms with Gasteiger partial charge in [0.15, 0.2) is 0 Å². The highest BCUT2D eigenvalue weighted by molar-refractivity contribution is 5.85. The van der Waals surface area contributed by atoms with Crippen molar-refractivity contribution >= 4 is 5.91 Å². The summed E-state index contributed by atoms with van der Waals surface area (Å²) in [4.78, 5) is 15.7. The highest BCUT2D eigenvalue weighted by atomic mass is 16.2. The van der Waals surface area contributed by atoms with E-state index in [0.29, 0.717) is 6.54 Å². The average molecular weight is 236 g/mol. The Hall–Kier alpha value is -1.36. The number of carbonyl (C=O) groups is 1. The van der Waals surface area contributed by atoms with E-state index >= 15 is 0 Å². The molecule has 3 N–H and O–H groups in total. The van der Waals surface area contributed by atoms with E-state index in [-0.39, 0.29) is 11.3 Å². The fourth-order valence-corrected chi connectivity index (χ4v) is 1.90. The molecule has 5 nitrogen and oxygen atoms in total. The zero-order valence-electron chi connectivity index (χ0n) is 10.1. The van der Waals surface area contributed by atoms with Crippen LogP contribution in [0.1, 0.15) is 25.7 Å². The number of nitrogens with one attached hydrogen (secondary N) is 1. The minimum atomic E-state index is -0.218. The van der Waals surface area contributed by atoms with E-state index in [9.17, 15) is 4.79 Å². The van der Waals surface area contributed by atoms with Crippen LogP contribution in [-0.4, -0.2) is 28.5 Å². The van der Waals surface area contributed by atoms with Gasteiger partial charge in [-0.05, 0) is 25.7 Å². The first kappa shape index (κ1) is 12.1. The van der Waals surface area contributed by atoms with E-state index < -0.39 is 0 Å². The van der Waals surface area contributed by atoms with Crippen molar-refractivity contribution in [2.24, 2.45) is 11.1 Å². The summed E-state index contributed by atoms with van der Waals surface area (Å²) >= 11 is 0. The van der Waals surface area contributed by atoms with Crippen molar-refractivity contribution < 1.29 is 4.79 Å². The van der Waals surface area contributed by atoms with Gasteiger partial charge in [0.2, 0.25) is 5.91 Å². The Morgan fingerprint density at radius 1 is 1.47 bits per heavy atom. The van der Waals surface area contributed by atoms with E-state index in [0.717, 1.165) is 38.8 Å². The van der Waals surface area contributed by atoms with Crippen molar-refractivity contribution in [2.45, 2.75) is 32.2 Å². The first-order valence-electron chi connectivity index (χ1n) is 6.21. The van der Waals surface area contributed by atoms with Crippen LogP contribution in [0.3, 0.4) is 0 Å². The lowest BCUT2D eigenvalue weighted by Gasteiger charge is -2.12. The van der Waals surface area contributed by atoms with Crippen molar-refractivity contribution in [2.75, 3.05) is 13.1 Å². The molecule has 0 bridgehead atoms. The molecule has 17 heavy (non-hydrogen) atoms. The van der Waals surface area contributed by atoms with Crippen LogP contribution in [0.5, 0.6) is 0 Å². The smallest absolute Gasteiger partial charge is 0.227 e. The number of aryl methyl sites for hydroxylation is 1. The molecule has 0 atom stereocenters. The molecule has 2 rings (SSSR count). The highest BCUT2D eigenvalue weighted by Crippen LogP contribution is 2.44. The molecular weight excluding hydrogens is 216 g/mol. The number of rotatable bonds is 7. The molecule has 1 fully saturated rings. The van der Waals surface area contributed by atoms with Crippen LogP contribution in [0.25, 0.3) is 0 Å². The maximum atomic E-state index is 11.7. The SMILES string of the molecule is NCC1(C(=O)NCCCCn2ccnc2)CC1. The second-order valence-electron chi connectivity index (χ2n) is 4.75. The number of imidazole rings is 1. The molecule has 0 aromatic carbocycles. The summed E-state index contributed by atoms with van der Waals surface area (Å²) in [6.45, 7) is 2.18. The monoisotopic (exact) mass is 236 g/mol. The summed E-state index contributed by atoms with van der Waals surface area (Å²) in [7, 11) is 0. The van der Waals surface area contributed by atoms with Crippen LogP contribution in [0, 0.1) is 5.41 Å². The lowest BCUT2D eigenvalue weighted by molar-refractivity contribution is -0.125. The lowest BCUT2D eigenvalue weighted by Crippen LogP contribution is -2.37. The average Bonchev–Trinajstić information content (AvgIpc) is 2.99. The Balaban J connectivity index is 1.56.